The van der Waals surface area contributed by atoms with Gasteiger partial charge in [0.15, 0.2) is 10.9 Å². The van der Waals surface area contributed by atoms with Gasteiger partial charge in [0.05, 0.1) is 5.69 Å². The van der Waals surface area contributed by atoms with E-state index in [0.717, 1.165) is 27.8 Å². The Balaban J connectivity index is 1.71. The van der Waals surface area contributed by atoms with E-state index >= 15 is 0 Å². The Kier molecular flexibility index (Phi) is 4.90. The number of carbonyl (C=O) groups excluding carboxylic acids is 2. The highest BCUT2D eigenvalue weighted by Crippen LogP contribution is 2.28. The van der Waals surface area contributed by atoms with Crippen LogP contribution in [-0.2, 0) is 4.79 Å². The van der Waals surface area contributed by atoms with Crippen LogP contribution < -0.4 is 10.6 Å². The SMILES string of the molecule is CC(=O)Nc1ccc(-c2csc(Nc3ccc(C(C)=O)cc3)n2)cc1. The zero-order valence-electron chi connectivity index (χ0n) is 13.9. The molecule has 0 saturated carbocycles. The minimum absolute atomic E-state index is 0.0470. The van der Waals surface area contributed by atoms with Crippen molar-refractivity contribution in [1.29, 1.82) is 0 Å². The van der Waals surface area contributed by atoms with Crippen molar-refractivity contribution in [2.45, 2.75) is 13.8 Å². The van der Waals surface area contributed by atoms with Crippen LogP contribution in [0, 0.1) is 0 Å². The van der Waals surface area contributed by atoms with E-state index in [1.165, 1.54) is 18.3 Å². The molecule has 25 heavy (non-hydrogen) atoms. The van der Waals surface area contributed by atoms with Crippen molar-refractivity contribution in [3.05, 3.63) is 59.5 Å². The molecule has 1 amide bonds. The molecule has 0 aliphatic carbocycles. The van der Waals surface area contributed by atoms with Gasteiger partial charge in [-0.25, -0.2) is 4.98 Å². The molecule has 0 unspecified atom stereocenters. The van der Waals surface area contributed by atoms with Gasteiger partial charge in [0.25, 0.3) is 0 Å². The lowest BCUT2D eigenvalue weighted by Gasteiger charge is -2.04. The average Bonchev–Trinajstić information content (AvgIpc) is 3.04. The smallest absolute Gasteiger partial charge is 0.221 e. The zero-order chi connectivity index (χ0) is 17.8. The number of Topliss-reactive ketones (excluding diaryl/α,β-unsaturated/α-hetero) is 1. The molecule has 5 nitrogen and oxygen atoms in total. The van der Waals surface area contributed by atoms with Crippen LogP contribution in [0.2, 0.25) is 0 Å². The molecule has 0 atom stereocenters. The van der Waals surface area contributed by atoms with Gasteiger partial charge in [-0.1, -0.05) is 12.1 Å². The second-order valence-electron chi connectivity index (χ2n) is 5.55. The lowest BCUT2D eigenvalue weighted by atomic mass is 10.1. The number of anilines is 3. The Bertz CT molecular complexity index is 899. The summed E-state index contributed by atoms with van der Waals surface area (Å²) in [6.45, 7) is 3.03. The van der Waals surface area contributed by atoms with E-state index in [2.05, 4.69) is 15.6 Å². The van der Waals surface area contributed by atoms with Gasteiger partial charge >= 0.3 is 0 Å². The van der Waals surface area contributed by atoms with Gasteiger partial charge in [-0.3, -0.25) is 9.59 Å². The first-order valence-corrected chi connectivity index (χ1v) is 8.61. The van der Waals surface area contributed by atoms with Crippen molar-refractivity contribution in [1.82, 2.24) is 4.98 Å². The maximum atomic E-state index is 11.3. The minimum Gasteiger partial charge on any atom is -0.332 e. The van der Waals surface area contributed by atoms with Crippen molar-refractivity contribution in [3.8, 4) is 11.3 Å². The number of rotatable bonds is 5. The third-order valence-electron chi connectivity index (χ3n) is 3.55. The summed E-state index contributed by atoms with van der Waals surface area (Å²) in [6.07, 6.45) is 0. The normalized spacial score (nSPS) is 10.3. The van der Waals surface area contributed by atoms with Crippen LogP contribution in [0.25, 0.3) is 11.3 Å². The molecule has 3 rings (SSSR count). The van der Waals surface area contributed by atoms with Crippen molar-refractivity contribution < 1.29 is 9.59 Å². The highest BCUT2D eigenvalue weighted by atomic mass is 32.1. The molecule has 0 aliphatic heterocycles. The fourth-order valence-corrected chi connectivity index (χ4v) is 3.04. The summed E-state index contributed by atoms with van der Waals surface area (Å²) < 4.78 is 0. The van der Waals surface area contributed by atoms with Gasteiger partial charge in [0.1, 0.15) is 0 Å². The summed E-state index contributed by atoms with van der Waals surface area (Å²) in [4.78, 5) is 26.9. The average molecular weight is 351 g/mol. The van der Waals surface area contributed by atoms with Crippen molar-refractivity contribution in [2.24, 2.45) is 0 Å². The molecule has 0 bridgehead atoms. The fourth-order valence-electron chi connectivity index (χ4n) is 2.30. The second kappa shape index (κ2) is 7.27. The van der Waals surface area contributed by atoms with Gasteiger partial charge < -0.3 is 10.6 Å². The van der Waals surface area contributed by atoms with E-state index in [4.69, 9.17) is 0 Å². The van der Waals surface area contributed by atoms with E-state index in [0.29, 0.717) is 5.56 Å². The topological polar surface area (TPSA) is 71.1 Å². The number of nitrogens with one attached hydrogen (secondary N) is 2. The minimum atomic E-state index is -0.0938. The number of nitrogens with zero attached hydrogens (tertiary/aromatic N) is 1. The standard InChI is InChI=1S/C19H17N3O2S/c1-12(23)14-3-7-17(8-4-14)21-19-22-18(11-25-19)15-5-9-16(10-6-15)20-13(2)24/h3-11H,1-2H3,(H,20,24)(H,21,22). The summed E-state index contributed by atoms with van der Waals surface area (Å²) in [5, 5.41) is 8.72. The molecule has 2 N–H and O–H groups in total. The first-order valence-electron chi connectivity index (χ1n) is 7.73. The molecule has 0 spiro atoms. The quantitative estimate of drug-likeness (QED) is 0.653. The number of benzene rings is 2. The highest BCUT2D eigenvalue weighted by Gasteiger charge is 2.06. The van der Waals surface area contributed by atoms with Crippen molar-refractivity contribution in [2.75, 3.05) is 10.6 Å². The van der Waals surface area contributed by atoms with Gasteiger partial charge in [-0.2, -0.15) is 0 Å². The predicted octanol–water partition coefficient (Wildman–Crippen LogP) is 4.71. The second-order valence-corrected chi connectivity index (χ2v) is 6.41. The number of hydrogen-bond donors (Lipinski definition) is 2. The van der Waals surface area contributed by atoms with Crippen LogP contribution in [0.15, 0.2) is 53.9 Å². The van der Waals surface area contributed by atoms with Crippen LogP contribution in [0.4, 0.5) is 16.5 Å². The Morgan fingerprint density at radius 1 is 0.920 bits per heavy atom. The molecule has 0 aliphatic rings. The Morgan fingerprint density at radius 3 is 2.16 bits per heavy atom. The van der Waals surface area contributed by atoms with Gasteiger partial charge in [0, 0.05) is 34.8 Å². The third-order valence-corrected chi connectivity index (χ3v) is 4.31. The predicted molar refractivity (Wildman–Crippen MR) is 102 cm³/mol. The number of ketones is 1. The van der Waals surface area contributed by atoms with E-state index in [1.807, 2.05) is 41.8 Å². The lowest BCUT2D eigenvalue weighted by molar-refractivity contribution is -0.114. The number of hydrogen-bond acceptors (Lipinski definition) is 5. The fraction of sp³-hybridized carbons (Fsp3) is 0.105. The molecular formula is C19H17N3O2S. The van der Waals surface area contributed by atoms with Crippen LogP contribution >= 0.6 is 11.3 Å². The summed E-state index contributed by atoms with van der Waals surface area (Å²) in [7, 11) is 0. The first kappa shape index (κ1) is 16.9. The lowest BCUT2D eigenvalue weighted by Crippen LogP contribution is -2.05. The number of amides is 1. The molecule has 0 radical (unpaired) electrons. The number of thiazole rings is 1. The Morgan fingerprint density at radius 2 is 1.56 bits per heavy atom. The highest BCUT2D eigenvalue weighted by molar-refractivity contribution is 7.14. The van der Waals surface area contributed by atoms with E-state index in [9.17, 15) is 9.59 Å². The molecule has 1 heterocycles. The van der Waals surface area contributed by atoms with Gasteiger partial charge in [-0.05, 0) is 43.3 Å². The molecule has 3 aromatic rings. The maximum Gasteiger partial charge on any atom is 0.221 e. The van der Waals surface area contributed by atoms with Crippen LogP contribution in [0.3, 0.4) is 0 Å². The summed E-state index contributed by atoms with van der Waals surface area (Å²) in [5.41, 5.74) is 4.17. The monoisotopic (exact) mass is 351 g/mol. The van der Waals surface area contributed by atoms with Gasteiger partial charge in [-0.15, -0.1) is 11.3 Å². The first-order chi connectivity index (χ1) is 12.0. The van der Waals surface area contributed by atoms with Crippen LogP contribution in [0.5, 0.6) is 0 Å². The molecule has 6 heteroatoms. The molecular weight excluding hydrogens is 334 g/mol. The third kappa shape index (κ3) is 4.30. The summed E-state index contributed by atoms with van der Waals surface area (Å²) in [6, 6.07) is 14.9. The molecule has 0 saturated heterocycles. The summed E-state index contributed by atoms with van der Waals surface area (Å²) in [5.74, 6) is -0.0468. The largest absolute Gasteiger partial charge is 0.332 e. The number of aromatic nitrogens is 1. The maximum absolute atomic E-state index is 11.3. The Hall–Kier alpha value is -2.99. The molecule has 0 fully saturated rings. The van der Waals surface area contributed by atoms with Crippen molar-refractivity contribution in [3.63, 3.8) is 0 Å². The van der Waals surface area contributed by atoms with E-state index < -0.39 is 0 Å². The van der Waals surface area contributed by atoms with Crippen LogP contribution in [0.1, 0.15) is 24.2 Å². The molecule has 1 aromatic heterocycles. The van der Waals surface area contributed by atoms with E-state index in [1.54, 1.807) is 19.1 Å². The summed E-state index contributed by atoms with van der Waals surface area (Å²) >= 11 is 1.51. The molecule has 2 aromatic carbocycles. The van der Waals surface area contributed by atoms with E-state index in [-0.39, 0.29) is 11.7 Å². The van der Waals surface area contributed by atoms with Crippen LogP contribution in [-0.4, -0.2) is 16.7 Å². The number of carbonyl (C=O) groups is 2. The zero-order valence-corrected chi connectivity index (χ0v) is 14.7. The molecule has 126 valence electrons. The Labute approximate surface area is 149 Å². The van der Waals surface area contributed by atoms with Crippen molar-refractivity contribution >= 4 is 39.5 Å². The van der Waals surface area contributed by atoms with Gasteiger partial charge in [0.2, 0.25) is 5.91 Å².